The van der Waals surface area contributed by atoms with Gasteiger partial charge in [-0.3, -0.25) is 14.4 Å². The molecule has 0 aliphatic carbocycles. The van der Waals surface area contributed by atoms with E-state index in [9.17, 15) is 14.4 Å². The molecule has 6 heteroatoms. The molecule has 0 radical (unpaired) electrons. The van der Waals surface area contributed by atoms with Crippen molar-refractivity contribution in [3.63, 3.8) is 0 Å². The maximum Gasteiger partial charge on any atom is 0.305 e. The number of carboxylic acid groups (broad SMARTS) is 1. The van der Waals surface area contributed by atoms with Gasteiger partial charge in [-0.15, -0.1) is 0 Å². The Morgan fingerprint density at radius 1 is 1.21 bits per heavy atom. The van der Waals surface area contributed by atoms with E-state index in [1.54, 1.807) is 9.80 Å². The molecule has 2 saturated heterocycles. The number of carbonyl (C=O) groups is 3. The van der Waals surface area contributed by atoms with E-state index in [1.165, 1.54) is 0 Å². The van der Waals surface area contributed by atoms with E-state index < -0.39 is 5.97 Å². The van der Waals surface area contributed by atoms with Gasteiger partial charge in [0.15, 0.2) is 0 Å². The smallest absolute Gasteiger partial charge is 0.305 e. The quantitative estimate of drug-likeness (QED) is 0.887. The Kier molecular flexibility index (Phi) is 4.83. The van der Waals surface area contributed by atoms with E-state index >= 15 is 0 Å². The van der Waals surface area contributed by atoms with Gasteiger partial charge in [-0.2, -0.15) is 0 Å². The molecule has 2 aliphatic heterocycles. The second-order valence-corrected chi connectivity index (χ2v) is 6.59. The van der Waals surface area contributed by atoms with Crippen LogP contribution >= 0.6 is 0 Å². The molecule has 6 nitrogen and oxygen atoms in total. The fourth-order valence-corrected chi connectivity index (χ4v) is 3.67. The molecule has 2 fully saturated rings. The highest BCUT2D eigenvalue weighted by atomic mass is 16.4. The number of benzene rings is 1. The van der Waals surface area contributed by atoms with E-state index in [2.05, 4.69) is 0 Å². The molecule has 2 atom stereocenters. The number of nitrogens with zero attached hydrogens (tertiary/aromatic N) is 2. The molecule has 0 spiro atoms. The number of carbonyl (C=O) groups excluding carboxylic acids is 2. The number of hydrogen-bond donors (Lipinski definition) is 1. The molecule has 24 heavy (non-hydrogen) atoms. The molecule has 3 rings (SSSR count). The maximum absolute atomic E-state index is 12.7. The standard InChI is InChI=1S/C18H22N2O4/c21-16-9-14(12-19(16)11-13-5-2-1-3-6-13)18(24)20-8-4-7-15(20)10-17(22)23/h1-3,5-6,14-15H,4,7-12H2,(H,22,23). The highest BCUT2D eigenvalue weighted by molar-refractivity contribution is 5.89. The van der Waals surface area contributed by atoms with Crippen molar-refractivity contribution in [2.24, 2.45) is 5.92 Å². The fourth-order valence-electron chi connectivity index (χ4n) is 3.67. The Bertz CT molecular complexity index is 631. The van der Waals surface area contributed by atoms with Crippen LogP contribution in [0.1, 0.15) is 31.2 Å². The number of aliphatic carboxylic acids is 1. The number of carboxylic acids is 1. The Morgan fingerprint density at radius 2 is 1.96 bits per heavy atom. The zero-order valence-electron chi connectivity index (χ0n) is 13.6. The number of rotatable bonds is 5. The summed E-state index contributed by atoms with van der Waals surface area (Å²) in [5.41, 5.74) is 1.05. The summed E-state index contributed by atoms with van der Waals surface area (Å²) in [6, 6.07) is 9.49. The van der Waals surface area contributed by atoms with Crippen molar-refractivity contribution in [2.45, 2.75) is 38.3 Å². The summed E-state index contributed by atoms with van der Waals surface area (Å²) in [4.78, 5) is 39.3. The Hall–Kier alpha value is -2.37. The first kappa shape index (κ1) is 16.5. The molecular formula is C18H22N2O4. The molecule has 0 bridgehead atoms. The van der Waals surface area contributed by atoms with Crippen LogP contribution in [0.3, 0.4) is 0 Å². The van der Waals surface area contributed by atoms with Gasteiger partial charge in [0.05, 0.1) is 12.3 Å². The van der Waals surface area contributed by atoms with Crippen molar-refractivity contribution >= 4 is 17.8 Å². The zero-order chi connectivity index (χ0) is 17.1. The molecule has 2 aliphatic rings. The van der Waals surface area contributed by atoms with Gasteiger partial charge in [-0.25, -0.2) is 0 Å². The minimum atomic E-state index is -0.882. The molecule has 0 saturated carbocycles. The third-order valence-corrected chi connectivity index (χ3v) is 4.85. The SMILES string of the molecule is O=C(O)CC1CCCN1C(=O)C1CC(=O)N(Cc2ccccc2)C1. The lowest BCUT2D eigenvalue weighted by molar-refractivity contribution is -0.141. The van der Waals surface area contributed by atoms with Gasteiger partial charge in [-0.1, -0.05) is 30.3 Å². The van der Waals surface area contributed by atoms with Crippen LogP contribution in [0, 0.1) is 5.92 Å². The van der Waals surface area contributed by atoms with E-state index in [-0.39, 0.29) is 36.6 Å². The highest BCUT2D eigenvalue weighted by Gasteiger charge is 2.40. The average molecular weight is 330 g/mol. The molecule has 0 aromatic heterocycles. The van der Waals surface area contributed by atoms with Crippen LogP contribution in [0.5, 0.6) is 0 Å². The second-order valence-electron chi connectivity index (χ2n) is 6.59. The Labute approximate surface area is 141 Å². The van der Waals surface area contributed by atoms with Gasteiger partial charge in [0.25, 0.3) is 0 Å². The highest BCUT2D eigenvalue weighted by Crippen LogP contribution is 2.27. The van der Waals surface area contributed by atoms with E-state index in [4.69, 9.17) is 5.11 Å². The lowest BCUT2D eigenvalue weighted by Gasteiger charge is -2.26. The van der Waals surface area contributed by atoms with Crippen molar-refractivity contribution < 1.29 is 19.5 Å². The molecule has 1 N–H and O–H groups in total. The van der Waals surface area contributed by atoms with Gasteiger partial charge in [0.2, 0.25) is 11.8 Å². The van der Waals surface area contributed by atoms with Crippen molar-refractivity contribution in [1.29, 1.82) is 0 Å². The second kappa shape index (κ2) is 7.03. The van der Waals surface area contributed by atoms with Crippen LogP contribution in [0.2, 0.25) is 0 Å². The minimum Gasteiger partial charge on any atom is -0.481 e. The summed E-state index contributed by atoms with van der Waals surface area (Å²) in [7, 11) is 0. The summed E-state index contributed by atoms with van der Waals surface area (Å²) in [6.45, 7) is 1.53. The van der Waals surface area contributed by atoms with E-state index in [1.807, 2.05) is 30.3 Å². The van der Waals surface area contributed by atoms with Crippen LogP contribution in [-0.2, 0) is 20.9 Å². The molecule has 128 valence electrons. The van der Waals surface area contributed by atoms with Crippen LogP contribution in [0.25, 0.3) is 0 Å². The van der Waals surface area contributed by atoms with Gasteiger partial charge in [0.1, 0.15) is 0 Å². The van der Waals surface area contributed by atoms with Crippen molar-refractivity contribution in [1.82, 2.24) is 9.80 Å². The summed E-state index contributed by atoms with van der Waals surface area (Å²) in [6.07, 6.45) is 1.77. The first-order valence-electron chi connectivity index (χ1n) is 8.38. The van der Waals surface area contributed by atoms with Crippen LogP contribution < -0.4 is 0 Å². The summed E-state index contributed by atoms with van der Waals surface area (Å²) in [5, 5.41) is 8.99. The van der Waals surface area contributed by atoms with Crippen molar-refractivity contribution in [3.05, 3.63) is 35.9 Å². The van der Waals surface area contributed by atoms with Gasteiger partial charge in [-0.05, 0) is 18.4 Å². The third-order valence-electron chi connectivity index (χ3n) is 4.85. The van der Waals surface area contributed by atoms with Gasteiger partial charge >= 0.3 is 5.97 Å². The first-order valence-corrected chi connectivity index (χ1v) is 8.38. The van der Waals surface area contributed by atoms with Crippen LogP contribution in [-0.4, -0.2) is 51.8 Å². The van der Waals surface area contributed by atoms with Gasteiger partial charge in [0, 0.05) is 32.1 Å². The predicted molar refractivity (Wildman–Crippen MR) is 87.0 cm³/mol. The third kappa shape index (κ3) is 3.58. The fraction of sp³-hybridized carbons (Fsp3) is 0.500. The largest absolute Gasteiger partial charge is 0.481 e. The summed E-state index contributed by atoms with van der Waals surface area (Å²) < 4.78 is 0. The average Bonchev–Trinajstić information content (AvgIpc) is 3.14. The minimum absolute atomic E-state index is 0.00816. The molecule has 2 amide bonds. The monoisotopic (exact) mass is 330 g/mol. The maximum atomic E-state index is 12.7. The number of amides is 2. The topological polar surface area (TPSA) is 77.9 Å². The summed E-state index contributed by atoms with van der Waals surface area (Å²) in [5.74, 6) is -1.31. The summed E-state index contributed by atoms with van der Waals surface area (Å²) >= 11 is 0. The normalized spacial score (nSPS) is 23.8. The van der Waals surface area contributed by atoms with Crippen molar-refractivity contribution in [3.8, 4) is 0 Å². The number of likely N-dealkylation sites (tertiary alicyclic amines) is 2. The van der Waals surface area contributed by atoms with Crippen molar-refractivity contribution in [2.75, 3.05) is 13.1 Å². The van der Waals surface area contributed by atoms with Crippen LogP contribution in [0.4, 0.5) is 0 Å². The molecule has 2 unspecified atom stereocenters. The number of hydrogen-bond acceptors (Lipinski definition) is 3. The van der Waals surface area contributed by atoms with E-state index in [0.29, 0.717) is 19.6 Å². The molecule has 1 aromatic carbocycles. The lowest BCUT2D eigenvalue weighted by atomic mass is 10.1. The zero-order valence-corrected chi connectivity index (χ0v) is 13.6. The Balaban J connectivity index is 1.62. The van der Waals surface area contributed by atoms with Gasteiger partial charge < -0.3 is 14.9 Å². The lowest BCUT2D eigenvalue weighted by Crippen LogP contribution is -2.41. The molecular weight excluding hydrogens is 308 g/mol. The predicted octanol–water partition coefficient (Wildman–Crippen LogP) is 1.50. The first-order chi connectivity index (χ1) is 11.5. The van der Waals surface area contributed by atoms with E-state index in [0.717, 1.165) is 18.4 Å². The Morgan fingerprint density at radius 3 is 2.67 bits per heavy atom. The van der Waals surface area contributed by atoms with Crippen LogP contribution in [0.15, 0.2) is 30.3 Å². The molecule has 1 aromatic rings. The molecule has 2 heterocycles.